The highest BCUT2D eigenvalue weighted by atomic mass is 79.9. The van der Waals surface area contributed by atoms with E-state index in [1.54, 1.807) is 6.07 Å². The van der Waals surface area contributed by atoms with Crippen molar-refractivity contribution in [3.8, 4) is 0 Å². The molecule has 0 saturated heterocycles. The molecule has 0 bridgehead atoms. The number of hydrogen-bond acceptors (Lipinski definition) is 3. The van der Waals surface area contributed by atoms with Crippen molar-refractivity contribution in [3.63, 3.8) is 0 Å². The van der Waals surface area contributed by atoms with E-state index in [0.717, 1.165) is 6.42 Å². The molecule has 98 valence electrons. The van der Waals surface area contributed by atoms with Gasteiger partial charge in [-0.2, -0.15) is 0 Å². The van der Waals surface area contributed by atoms with Crippen LogP contribution in [-0.4, -0.2) is 23.0 Å². The fourth-order valence-corrected chi connectivity index (χ4v) is 1.83. The van der Waals surface area contributed by atoms with Gasteiger partial charge in [0.2, 0.25) is 5.91 Å². The summed E-state index contributed by atoms with van der Waals surface area (Å²) < 4.78 is 0.635. The molecule has 1 atom stereocenters. The predicted octanol–water partition coefficient (Wildman–Crippen LogP) is 2.21. The molecule has 6 heteroatoms. The Labute approximate surface area is 113 Å². The third-order valence-corrected chi connectivity index (χ3v) is 2.90. The van der Waals surface area contributed by atoms with Crippen molar-refractivity contribution in [3.05, 3.63) is 28.2 Å². The van der Waals surface area contributed by atoms with Crippen molar-refractivity contribution in [2.24, 2.45) is 5.73 Å². The van der Waals surface area contributed by atoms with Crippen LogP contribution in [0.3, 0.4) is 0 Å². The maximum Gasteiger partial charge on any atom is 0.337 e. The molecule has 0 fully saturated rings. The summed E-state index contributed by atoms with van der Waals surface area (Å²) in [7, 11) is 0. The summed E-state index contributed by atoms with van der Waals surface area (Å²) in [5.41, 5.74) is 5.94. The highest BCUT2D eigenvalue weighted by molar-refractivity contribution is 9.10. The first-order valence-electron chi connectivity index (χ1n) is 5.55. The molecule has 1 rings (SSSR count). The van der Waals surface area contributed by atoms with Gasteiger partial charge >= 0.3 is 5.97 Å². The molecule has 0 aliphatic heterocycles. The molecule has 5 nitrogen and oxygen atoms in total. The van der Waals surface area contributed by atoms with Gasteiger partial charge in [-0.3, -0.25) is 4.79 Å². The van der Waals surface area contributed by atoms with Gasteiger partial charge in [0.15, 0.2) is 0 Å². The Morgan fingerprint density at radius 1 is 1.50 bits per heavy atom. The number of benzene rings is 1. The van der Waals surface area contributed by atoms with E-state index in [-0.39, 0.29) is 17.2 Å². The lowest BCUT2D eigenvalue weighted by atomic mass is 10.1. The highest BCUT2D eigenvalue weighted by Crippen LogP contribution is 2.21. The topological polar surface area (TPSA) is 92.4 Å². The van der Waals surface area contributed by atoms with E-state index in [4.69, 9.17) is 10.8 Å². The molecule has 0 aliphatic rings. The second-order valence-corrected chi connectivity index (χ2v) is 4.80. The number of carbonyl (C=O) groups excluding carboxylic acids is 1. The van der Waals surface area contributed by atoms with E-state index in [2.05, 4.69) is 21.2 Å². The normalized spacial score (nSPS) is 11.9. The van der Waals surface area contributed by atoms with E-state index in [1.165, 1.54) is 12.1 Å². The summed E-state index contributed by atoms with van der Waals surface area (Å²) in [5.74, 6) is -1.47. The first-order valence-corrected chi connectivity index (χ1v) is 6.34. The van der Waals surface area contributed by atoms with E-state index in [1.807, 2.05) is 6.92 Å². The quantitative estimate of drug-likeness (QED) is 0.777. The number of nitrogens with two attached hydrogens (primary N) is 1. The van der Waals surface area contributed by atoms with Crippen LogP contribution in [0, 0.1) is 0 Å². The van der Waals surface area contributed by atoms with Gasteiger partial charge in [0.25, 0.3) is 0 Å². The van der Waals surface area contributed by atoms with Crippen LogP contribution in [0.1, 0.15) is 30.1 Å². The average molecular weight is 315 g/mol. The number of hydrogen-bond donors (Lipinski definition) is 3. The molecular formula is C12H15BrN2O3. The second kappa shape index (κ2) is 6.51. The lowest BCUT2D eigenvalue weighted by Crippen LogP contribution is -2.35. The van der Waals surface area contributed by atoms with Crippen molar-refractivity contribution in [1.29, 1.82) is 0 Å². The Morgan fingerprint density at radius 2 is 2.17 bits per heavy atom. The van der Waals surface area contributed by atoms with Crippen molar-refractivity contribution >= 4 is 33.5 Å². The summed E-state index contributed by atoms with van der Waals surface area (Å²) in [6, 6.07) is 4.00. The zero-order valence-corrected chi connectivity index (χ0v) is 11.5. The number of rotatable bonds is 5. The van der Waals surface area contributed by atoms with Crippen LogP contribution in [-0.2, 0) is 4.79 Å². The van der Waals surface area contributed by atoms with E-state index < -0.39 is 12.0 Å². The SMILES string of the molecule is CCC[C@@H](N)C(=O)Nc1ccc(Br)cc1C(=O)O. The fraction of sp³-hybridized carbons (Fsp3) is 0.333. The first kappa shape index (κ1) is 14.7. The van der Waals surface area contributed by atoms with Crippen molar-refractivity contribution in [2.45, 2.75) is 25.8 Å². The first-order chi connectivity index (χ1) is 8.45. The van der Waals surface area contributed by atoms with Gasteiger partial charge in [0.05, 0.1) is 17.3 Å². The Balaban J connectivity index is 2.90. The minimum atomic E-state index is -1.10. The summed E-state index contributed by atoms with van der Waals surface area (Å²) in [4.78, 5) is 22.8. The third kappa shape index (κ3) is 3.82. The lowest BCUT2D eigenvalue weighted by molar-refractivity contribution is -0.117. The fourth-order valence-electron chi connectivity index (χ4n) is 1.47. The third-order valence-electron chi connectivity index (χ3n) is 2.41. The molecule has 0 saturated carbocycles. The number of carboxylic acid groups (broad SMARTS) is 1. The van der Waals surface area contributed by atoms with Gasteiger partial charge in [-0.25, -0.2) is 4.79 Å². The van der Waals surface area contributed by atoms with Crippen molar-refractivity contribution in [1.82, 2.24) is 0 Å². The number of carbonyl (C=O) groups is 2. The molecule has 0 unspecified atom stereocenters. The Morgan fingerprint density at radius 3 is 2.72 bits per heavy atom. The van der Waals surface area contributed by atoms with Crippen LogP contribution in [0.2, 0.25) is 0 Å². The monoisotopic (exact) mass is 314 g/mol. The van der Waals surface area contributed by atoms with Crippen LogP contribution in [0.4, 0.5) is 5.69 Å². The predicted molar refractivity (Wildman–Crippen MR) is 72.6 cm³/mol. The molecule has 1 aromatic rings. The van der Waals surface area contributed by atoms with Crippen LogP contribution >= 0.6 is 15.9 Å². The van der Waals surface area contributed by atoms with Gasteiger partial charge in [-0.15, -0.1) is 0 Å². The second-order valence-electron chi connectivity index (χ2n) is 3.88. The van der Waals surface area contributed by atoms with Crippen molar-refractivity contribution in [2.75, 3.05) is 5.32 Å². The summed E-state index contributed by atoms with van der Waals surface area (Å²) in [6.07, 6.45) is 1.35. The van der Waals surface area contributed by atoms with Gasteiger partial charge in [0.1, 0.15) is 0 Å². The maximum atomic E-state index is 11.7. The van der Waals surface area contributed by atoms with Gasteiger partial charge < -0.3 is 16.2 Å². The van der Waals surface area contributed by atoms with E-state index >= 15 is 0 Å². The number of nitrogens with one attached hydrogen (secondary N) is 1. The van der Waals surface area contributed by atoms with Crippen LogP contribution < -0.4 is 11.1 Å². The molecule has 1 amide bonds. The van der Waals surface area contributed by atoms with E-state index in [9.17, 15) is 9.59 Å². The van der Waals surface area contributed by atoms with Gasteiger partial charge in [-0.1, -0.05) is 29.3 Å². The van der Waals surface area contributed by atoms with E-state index in [0.29, 0.717) is 10.9 Å². The van der Waals surface area contributed by atoms with Crippen LogP contribution in [0.15, 0.2) is 22.7 Å². The molecule has 1 aromatic carbocycles. The number of halogens is 1. The van der Waals surface area contributed by atoms with Crippen LogP contribution in [0.25, 0.3) is 0 Å². The summed E-state index contributed by atoms with van der Waals surface area (Å²) in [5, 5.41) is 11.6. The standard InChI is InChI=1S/C12H15BrN2O3/c1-2-3-9(14)11(16)15-10-5-4-7(13)6-8(10)12(17)18/h4-6,9H,2-3,14H2,1H3,(H,15,16)(H,17,18)/t9-/m1/s1. The Kier molecular flexibility index (Phi) is 5.30. The largest absolute Gasteiger partial charge is 0.478 e. The molecule has 0 radical (unpaired) electrons. The number of carboxylic acids is 1. The average Bonchev–Trinajstić information content (AvgIpc) is 2.31. The smallest absolute Gasteiger partial charge is 0.337 e. The Hall–Kier alpha value is -1.40. The van der Waals surface area contributed by atoms with Crippen LogP contribution in [0.5, 0.6) is 0 Å². The van der Waals surface area contributed by atoms with Gasteiger partial charge in [-0.05, 0) is 24.6 Å². The molecular weight excluding hydrogens is 300 g/mol. The Bertz CT molecular complexity index is 463. The minimum absolute atomic E-state index is 0.0291. The summed E-state index contributed by atoms with van der Waals surface area (Å²) in [6.45, 7) is 1.93. The number of aromatic carboxylic acids is 1. The number of amides is 1. The zero-order chi connectivity index (χ0) is 13.7. The molecule has 0 heterocycles. The molecule has 0 spiro atoms. The van der Waals surface area contributed by atoms with Crippen molar-refractivity contribution < 1.29 is 14.7 Å². The summed E-state index contributed by atoms with van der Waals surface area (Å²) >= 11 is 3.18. The zero-order valence-electron chi connectivity index (χ0n) is 9.94. The molecule has 0 aromatic heterocycles. The molecule has 0 aliphatic carbocycles. The maximum absolute atomic E-state index is 11.7. The lowest BCUT2D eigenvalue weighted by Gasteiger charge is -2.13. The van der Waals surface area contributed by atoms with Gasteiger partial charge in [0, 0.05) is 4.47 Å². The molecule has 18 heavy (non-hydrogen) atoms. The molecule has 4 N–H and O–H groups in total. The minimum Gasteiger partial charge on any atom is -0.478 e. The number of anilines is 1. The highest BCUT2D eigenvalue weighted by Gasteiger charge is 2.16.